The Kier molecular flexibility index (Phi) is 4.68. The average molecular weight is 327 g/mol. The third-order valence-electron chi connectivity index (χ3n) is 3.18. The highest BCUT2D eigenvalue weighted by Crippen LogP contribution is 2.26. The zero-order chi connectivity index (χ0) is 13.8. The summed E-state index contributed by atoms with van der Waals surface area (Å²) < 4.78 is 0.488. The van der Waals surface area contributed by atoms with E-state index < -0.39 is 4.92 Å². The highest BCUT2D eigenvalue weighted by Gasteiger charge is 2.18. The Labute approximate surface area is 119 Å². The average Bonchev–Trinajstić information content (AvgIpc) is 2.85. The lowest BCUT2D eigenvalue weighted by molar-refractivity contribution is -0.385. The van der Waals surface area contributed by atoms with Gasteiger partial charge in [-0.25, -0.2) is 0 Å². The number of benzene rings is 1. The van der Waals surface area contributed by atoms with Crippen LogP contribution in [0.5, 0.6) is 0 Å². The number of halogens is 1. The first-order valence-electron chi connectivity index (χ1n) is 6.05. The molecule has 102 valence electrons. The van der Waals surface area contributed by atoms with Crippen molar-refractivity contribution in [1.82, 2.24) is 5.32 Å². The number of nitro groups is 1. The number of aliphatic hydroxyl groups excluding tert-OH is 1. The molecule has 2 N–H and O–H groups in total. The number of nitrogens with zero attached hydrogens (tertiary/aromatic N) is 1. The largest absolute Gasteiger partial charge is 0.396 e. The molecule has 0 radical (unpaired) electrons. The van der Waals surface area contributed by atoms with Crippen LogP contribution >= 0.6 is 15.9 Å². The van der Waals surface area contributed by atoms with Crippen LogP contribution in [0.4, 0.5) is 5.69 Å². The number of nitro benzene ring substituents is 1. The summed E-state index contributed by atoms with van der Waals surface area (Å²) in [5.41, 5.74) is 0.949. The summed E-state index contributed by atoms with van der Waals surface area (Å²) in [5, 5.41) is 23.2. The summed E-state index contributed by atoms with van der Waals surface area (Å²) in [4.78, 5) is 10.4. The number of rotatable bonds is 5. The summed E-state index contributed by atoms with van der Waals surface area (Å²) in [7, 11) is 0. The standard InChI is InChI=1S/C13H15BrN2O3/c14-12-4-2-9(6-13(12)16(18)19)7-15-11-3-1-10(5-11)8-17/h1-4,6,10-11,15,17H,5,7-8H2/t10-,11+/m0/s1. The minimum Gasteiger partial charge on any atom is -0.396 e. The SMILES string of the molecule is O=[N+]([O-])c1cc(CN[C@@H]2C=C[C@H](CO)C2)ccc1Br. The molecule has 0 amide bonds. The van der Waals surface area contributed by atoms with E-state index in [1.54, 1.807) is 12.1 Å². The van der Waals surface area contributed by atoms with Crippen LogP contribution in [0.25, 0.3) is 0 Å². The molecule has 0 fully saturated rings. The van der Waals surface area contributed by atoms with Gasteiger partial charge in [-0.1, -0.05) is 18.2 Å². The van der Waals surface area contributed by atoms with Gasteiger partial charge in [0.1, 0.15) is 0 Å². The van der Waals surface area contributed by atoms with E-state index in [-0.39, 0.29) is 24.3 Å². The second-order valence-electron chi connectivity index (χ2n) is 4.59. The summed E-state index contributed by atoms with van der Waals surface area (Å²) in [6, 6.07) is 5.33. The van der Waals surface area contributed by atoms with E-state index in [1.165, 1.54) is 0 Å². The van der Waals surface area contributed by atoms with Crippen molar-refractivity contribution in [2.24, 2.45) is 5.92 Å². The van der Waals surface area contributed by atoms with Crippen molar-refractivity contribution in [2.45, 2.75) is 19.0 Å². The van der Waals surface area contributed by atoms with E-state index in [2.05, 4.69) is 21.2 Å². The monoisotopic (exact) mass is 326 g/mol. The maximum absolute atomic E-state index is 10.8. The Hall–Kier alpha value is -1.24. The molecule has 0 heterocycles. The van der Waals surface area contributed by atoms with Crippen molar-refractivity contribution in [3.63, 3.8) is 0 Å². The van der Waals surface area contributed by atoms with Gasteiger partial charge >= 0.3 is 0 Å². The fraction of sp³-hybridized carbons (Fsp3) is 0.385. The van der Waals surface area contributed by atoms with Crippen molar-refractivity contribution in [1.29, 1.82) is 0 Å². The van der Waals surface area contributed by atoms with Gasteiger partial charge in [-0.2, -0.15) is 0 Å². The second-order valence-corrected chi connectivity index (χ2v) is 5.45. The lowest BCUT2D eigenvalue weighted by Crippen LogP contribution is -2.26. The van der Waals surface area contributed by atoms with Crippen LogP contribution in [0.15, 0.2) is 34.8 Å². The molecule has 0 unspecified atom stereocenters. The molecule has 0 saturated heterocycles. The van der Waals surface area contributed by atoms with E-state index in [9.17, 15) is 10.1 Å². The quantitative estimate of drug-likeness (QED) is 0.495. The smallest absolute Gasteiger partial charge is 0.283 e. The van der Waals surface area contributed by atoms with Crippen molar-refractivity contribution in [3.8, 4) is 0 Å². The highest BCUT2D eigenvalue weighted by atomic mass is 79.9. The van der Waals surface area contributed by atoms with E-state index in [0.29, 0.717) is 11.0 Å². The van der Waals surface area contributed by atoms with Gasteiger partial charge in [0.25, 0.3) is 5.69 Å². The minimum absolute atomic E-state index is 0.0782. The highest BCUT2D eigenvalue weighted by molar-refractivity contribution is 9.10. The van der Waals surface area contributed by atoms with E-state index in [0.717, 1.165) is 12.0 Å². The Balaban J connectivity index is 1.95. The molecular weight excluding hydrogens is 312 g/mol. The first kappa shape index (κ1) is 14.2. The third-order valence-corrected chi connectivity index (χ3v) is 3.85. The molecule has 6 heteroatoms. The van der Waals surface area contributed by atoms with E-state index >= 15 is 0 Å². The molecule has 1 aliphatic carbocycles. The molecule has 1 aromatic rings. The number of hydrogen-bond donors (Lipinski definition) is 2. The molecule has 0 aliphatic heterocycles. The Morgan fingerprint density at radius 1 is 1.47 bits per heavy atom. The number of nitrogens with one attached hydrogen (secondary N) is 1. The van der Waals surface area contributed by atoms with Gasteiger partial charge in [0.05, 0.1) is 9.40 Å². The summed E-state index contributed by atoms with van der Waals surface area (Å²) >= 11 is 3.16. The van der Waals surface area contributed by atoms with Gasteiger partial charge in [-0.15, -0.1) is 0 Å². The van der Waals surface area contributed by atoms with Gasteiger partial charge < -0.3 is 10.4 Å². The Bertz CT molecular complexity index is 505. The molecule has 0 spiro atoms. The van der Waals surface area contributed by atoms with Crippen molar-refractivity contribution >= 4 is 21.6 Å². The van der Waals surface area contributed by atoms with Crippen LogP contribution in [-0.4, -0.2) is 22.7 Å². The van der Waals surface area contributed by atoms with Gasteiger partial charge in [0, 0.05) is 31.2 Å². The van der Waals surface area contributed by atoms with Crippen LogP contribution < -0.4 is 5.32 Å². The molecule has 1 aliphatic rings. The number of hydrogen-bond acceptors (Lipinski definition) is 4. The fourth-order valence-corrected chi connectivity index (χ4v) is 2.51. The molecule has 0 aromatic heterocycles. The molecule has 19 heavy (non-hydrogen) atoms. The first-order chi connectivity index (χ1) is 9.10. The van der Waals surface area contributed by atoms with Crippen LogP contribution in [0.1, 0.15) is 12.0 Å². The first-order valence-corrected chi connectivity index (χ1v) is 6.85. The predicted octanol–water partition coefficient (Wildman–Crippen LogP) is 2.38. The van der Waals surface area contributed by atoms with Crippen LogP contribution in [0, 0.1) is 16.0 Å². The van der Waals surface area contributed by atoms with E-state index in [4.69, 9.17) is 5.11 Å². The summed E-state index contributed by atoms with van der Waals surface area (Å²) in [5.74, 6) is 0.219. The molecule has 5 nitrogen and oxygen atoms in total. The van der Waals surface area contributed by atoms with Crippen LogP contribution in [-0.2, 0) is 6.54 Å². The van der Waals surface area contributed by atoms with Gasteiger partial charge in [0.2, 0.25) is 0 Å². The lowest BCUT2D eigenvalue weighted by Gasteiger charge is -2.12. The second kappa shape index (κ2) is 6.27. The predicted molar refractivity (Wildman–Crippen MR) is 75.8 cm³/mol. The minimum atomic E-state index is -0.398. The molecule has 1 aromatic carbocycles. The lowest BCUT2D eigenvalue weighted by atomic mass is 10.1. The topological polar surface area (TPSA) is 75.4 Å². The van der Waals surface area contributed by atoms with Crippen LogP contribution in [0.3, 0.4) is 0 Å². The maximum Gasteiger partial charge on any atom is 0.283 e. The zero-order valence-corrected chi connectivity index (χ0v) is 11.8. The molecule has 2 atom stereocenters. The van der Waals surface area contributed by atoms with Crippen molar-refractivity contribution < 1.29 is 10.0 Å². The van der Waals surface area contributed by atoms with Gasteiger partial charge in [-0.3, -0.25) is 10.1 Å². The Morgan fingerprint density at radius 3 is 2.89 bits per heavy atom. The molecular formula is C13H15BrN2O3. The van der Waals surface area contributed by atoms with E-state index in [1.807, 2.05) is 18.2 Å². The fourth-order valence-electron chi connectivity index (χ4n) is 2.12. The number of aliphatic hydroxyl groups is 1. The van der Waals surface area contributed by atoms with Gasteiger partial charge in [0.15, 0.2) is 0 Å². The van der Waals surface area contributed by atoms with Crippen molar-refractivity contribution in [3.05, 3.63) is 50.5 Å². The van der Waals surface area contributed by atoms with Crippen molar-refractivity contribution in [2.75, 3.05) is 6.61 Å². The third kappa shape index (κ3) is 3.62. The maximum atomic E-state index is 10.8. The van der Waals surface area contributed by atoms with Gasteiger partial charge in [-0.05, 0) is 34.0 Å². The summed E-state index contributed by atoms with van der Waals surface area (Å²) in [6.45, 7) is 0.736. The normalized spacial score (nSPS) is 21.8. The summed E-state index contributed by atoms with van der Waals surface area (Å²) in [6.07, 6.45) is 4.91. The molecule has 2 rings (SSSR count). The van der Waals surface area contributed by atoms with Crippen LogP contribution in [0.2, 0.25) is 0 Å². The molecule has 0 saturated carbocycles. The Morgan fingerprint density at radius 2 is 2.26 bits per heavy atom. The molecule has 0 bridgehead atoms. The zero-order valence-electron chi connectivity index (χ0n) is 10.3.